The lowest BCUT2D eigenvalue weighted by Crippen LogP contribution is -2.49. The summed E-state index contributed by atoms with van der Waals surface area (Å²) in [6.07, 6.45) is 1.32. The summed E-state index contributed by atoms with van der Waals surface area (Å²) >= 11 is 0. The van der Waals surface area contributed by atoms with Gasteiger partial charge in [-0.05, 0) is 43.5 Å². The second-order valence-corrected chi connectivity index (χ2v) is 11.0. The Kier molecular flexibility index (Phi) is 7.91. The van der Waals surface area contributed by atoms with Gasteiger partial charge in [0.2, 0.25) is 11.8 Å². The molecule has 0 unspecified atom stereocenters. The van der Waals surface area contributed by atoms with Crippen LogP contribution in [0, 0.1) is 6.92 Å². The third kappa shape index (κ3) is 5.86. The summed E-state index contributed by atoms with van der Waals surface area (Å²) in [6, 6.07) is 21.3. The van der Waals surface area contributed by atoms with E-state index in [9.17, 15) is 19.2 Å². The zero-order valence-corrected chi connectivity index (χ0v) is 23.9. The van der Waals surface area contributed by atoms with Gasteiger partial charge in [0.15, 0.2) is 0 Å². The monoisotopic (exact) mass is 579 g/mol. The summed E-state index contributed by atoms with van der Waals surface area (Å²) in [7, 11) is 0. The average Bonchev–Trinajstić information content (AvgIpc) is 3.42. The standard InChI is InChI=1S/C33H33N5O5/c1-21-11-12-23-17-28(21)43-16-15-34-29(39)18-24-13-14-25(19-35-32(23)41)38(24)30(40)20-37-33(42)27-10-6-5-9-26(27)31(36-37)22-7-3-2-4-8-22/h2-12,17,24-25H,13-16,18-20H2,1H3,(H,34,39)(H,35,41)/t24-,25+/m0/s1. The minimum atomic E-state index is -0.381. The molecule has 4 bridgehead atoms. The highest BCUT2D eigenvalue weighted by molar-refractivity contribution is 5.95. The summed E-state index contributed by atoms with van der Waals surface area (Å²) in [5.74, 6) is -0.213. The third-order valence-corrected chi connectivity index (χ3v) is 8.16. The van der Waals surface area contributed by atoms with Crippen LogP contribution in [0.25, 0.3) is 22.0 Å². The topological polar surface area (TPSA) is 123 Å². The molecule has 6 rings (SSSR count). The minimum Gasteiger partial charge on any atom is -0.491 e. The number of hydrogen-bond donors (Lipinski definition) is 2. The first-order valence-corrected chi connectivity index (χ1v) is 14.5. The molecule has 2 aliphatic heterocycles. The number of carbonyl (C=O) groups excluding carboxylic acids is 3. The van der Waals surface area contributed by atoms with Crippen LogP contribution >= 0.6 is 0 Å². The third-order valence-electron chi connectivity index (χ3n) is 8.16. The van der Waals surface area contributed by atoms with Gasteiger partial charge < -0.3 is 20.3 Å². The number of rotatable bonds is 3. The maximum absolute atomic E-state index is 14.0. The largest absolute Gasteiger partial charge is 0.491 e. The van der Waals surface area contributed by atoms with E-state index in [1.54, 1.807) is 29.2 Å². The van der Waals surface area contributed by atoms with E-state index in [2.05, 4.69) is 15.7 Å². The molecule has 0 spiro atoms. The lowest BCUT2D eigenvalue weighted by Gasteiger charge is -2.30. The van der Waals surface area contributed by atoms with Crippen LogP contribution in [0.2, 0.25) is 0 Å². The second kappa shape index (κ2) is 12.1. The van der Waals surface area contributed by atoms with Gasteiger partial charge in [-0.15, -0.1) is 0 Å². The fraction of sp³-hybridized carbons (Fsp3) is 0.303. The number of benzene rings is 3. The number of nitrogens with zero attached hydrogens (tertiary/aromatic N) is 3. The maximum atomic E-state index is 14.0. The lowest BCUT2D eigenvalue weighted by atomic mass is 10.1. The summed E-state index contributed by atoms with van der Waals surface area (Å²) in [5, 5.41) is 11.7. The Morgan fingerprint density at radius 2 is 1.65 bits per heavy atom. The number of ether oxygens (including phenoxy) is 1. The SMILES string of the molecule is Cc1ccc2cc1OCCNC(=O)C[C@@H]1CC[C@H](CNC2=O)N1C(=O)Cn1nc(-c2ccccc2)c2ccccc2c1=O. The molecule has 2 aliphatic rings. The molecule has 0 aliphatic carbocycles. The smallest absolute Gasteiger partial charge is 0.275 e. The van der Waals surface area contributed by atoms with Gasteiger partial charge in [-0.25, -0.2) is 4.68 Å². The lowest BCUT2D eigenvalue weighted by molar-refractivity contribution is -0.136. The molecule has 220 valence electrons. The molecule has 2 N–H and O–H groups in total. The molecule has 43 heavy (non-hydrogen) atoms. The van der Waals surface area contributed by atoms with E-state index < -0.39 is 0 Å². The van der Waals surface area contributed by atoms with Crippen molar-refractivity contribution in [3.05, 3.63) is 94.3 Å². The maximum Gasteiger partial charge on any atom is 0.275 e. The summed E-state index contributed by atoms with van der Waals surface area (Å²) in [4.78, 5) is 55.1. The van der Waals surface area contributed by atoms with Crippen LogP contribution in [0.4, 0.5) is 0 Å². The Morgan fingerprint density at radius 1 is 0.907 bits per heavy atom. The van der Waals surface area contributed by atoms with Crippen LogP contribution < -0.4 is 20.9 Å². The number of fused-ring (bicyclic) bond motifs is 5. The van der Waals surface area contributed by atoms with Gasteiger partial charge in [-0.1, -0.05) is 54.6 Å². The molecular weight excluding hydrogens is 546 g/mol. The molecule has 0 saturated carbocycles. The quantitative estimate of drug-likeness (QED) is 0.385. The molecule has 2 atom stereocenters. The Balaban J connectivity index is 1.31. The minimum absolute atomic E-state index is 0.109. The van der Waals surface area contributed by atoms with Crippen molar-refractivity contribution in [2.45, 2.75) is 44.8 Å². The van der Waals surface area contributed by atoms with Crippen molar-refractivity contribution in [3.8, 4) is 17.0 Å². The summed E-state index contributed by atoms with van der Waals surface area (Å²) in [6.45, 7) is 2.35. The first-order chi connectivity index (χ1) is 20.9. The van der Waals surface area contributed by atoms with Crippen molar-refractivity contribution in [3.63, 3.8) is 0 Å². The molecule has 3 aromatic carbocycles. The van der Waals surface area contributed by atoms with E-state index in [0.717, 1.165) is 11.1 Å². The van der Waals surface area contributed by atoms with Crippen molar-refractivity contribution < 1.29 is 19.1 Å². The fourth-order valence-electron chi connectivity index (χ4n) is 5.98. The van der Waals surface area contributed by atoms with E-state index in [0.29, 0.717) is 40.6 Å². The van der Waals surface area contributed by atoms with Gasteiger partial charge in [-0.3, -0.25) is 19.2 Å². The Bertz CT molecular complexity index is 1750. The zero-order valence-electron chi connectivity index (χ0n) is 23.9. The zero-order chi connectivity index (χ0) is 29.9. The number of nitrogens with one attached hydrogen (secondary N) is 2. The van der Waals surface area contributed by atoms with Crippen molar-refractivity contribution in [2.75, 3.05) is 19.7 Å². The van der Waals surface area contributed by atoms with Crippen LogP contribution in [-0.2, 0) is 16.1 Å². The number of aryl methyl sites for hydroxylation is 1. The van der Waals surface area contributed by atoms with Gasteiger partial charge in [0.1, 0.15) is 18.9 Å². The molecule has 1 aromatic heterocycles. The van der Waals surface area contributed by atoms with E-state index in [1.807, 2.05) is 55.5 Å². The van der Waals surface area contributed by atoms with Gasteiger partial charge in [0.25, 0.3) is 11.5 Å². The van der Waals surface area contributed by atoms with Crippen LogP contribution in [-0.4, -0.2) is 64.2 Å². The van der Waals surface area contributed by atoms with Crippen LogP contribution in [0.3, 0.4) is 0 Å². The highest BCUT2D eigenvalue weighted by Crippen LogP contribution is 2.28. The summed E-state index contributed by atoms with van der Waals surface area (Å²) < 4.78 is 7.04. The Hall–Kier alpha value is -4.99. The highest BCUT2D eigenvalue weighted by atomic mass is 16.5. The summed E-state index contributed by atoms with van der Waals surface area (Å²) in [5.41, 5.74) is 2.41. The molecule has 4 aromatic rings. The fourth-order valence-corrected chi connectivity index (χ4v) is 5.98. The van der Waals surface area contributed by atoms with Crippen molar-refractivity contribution in [2.24, 2.45) is 0 Å². The van der Waals surface area contributed by atoms with Crippen LogP contribution in [0.15, 0.2) is 77.6 Å². The van der Waals surface area contributed by atoms with E-state index >= 15 is 0 Å². The predicted molar refractivity (Wildman–Crippen MR) is 162 cm³/mol. The number of hydrogen-bond acceptors (Lipinski definition) is 6. The Labute approximate surface area is 248 Å². The van der Waals surface area contributed by atoms with Gasteiger partial charge in [-0.2, -0.15) is 5.10 Å². The van der Waals surface area contributed by atoms with E-state index in [4.69, 9.17) is 4.74 Å². The van der Waals surface area contributed by atoms with Crippen molar-refractivity contribution in [1.29, 1.82) is 0 Å². The highest BCUT2D eigenvalue weighted by Gasteiger charge is 2.38. The first-order valence-electron chi connectivity index (χ1n) is 14.5. The molecule has 3 amide bonds. The number of aromatic nitrogens is 2. The van der Waals surface area contributed by atoms with Crippen LogP contribution in [0.1, 0.15) is 35.2 Å². The molecule has 1 saturated heterocycles. The van der Waals surface area contributed by atoms with Gasteiger partial charge >= 0.3 is 0 Å². The Morgan fingerprint density at radius 3 is 2.47 bits per heavy atom. The number of carbonyl (C=O) groups is 3. The molecule has 3 heterocycles. The average molecular weight is 580 g/mol. The van der Waals surface area contributed by atoms with Crippen molar-refractivity contribution in [1.82, 2.24) is 25.3 Å². The van der Waals surface area contributed by atoms with Crippen molar-refractivity contribution >= 4 is 28.5 Å². The normalized spacial score (nSPS) is 19.1. The molecule has 1 fully saturated rings. The van der Waals surface area contributed by atoms with Gasteiger partial charge in [0.05, 0.1) is 17.6 Å². The second-order valence-electron chi connectivity index (χ2n) is 11.0. The van der Waals surface area contributed by atoms with E-state index in [1.165, 1.54) is 4.68 Å². The van der Waals surface area contributed by atoms with Gasteiger partial charge in [0, 0.05) is 41.6 Å². The van der Waals surface area contributed by atoms with Crippen LogP contribution in [0.5, 0.6) is 5.75 Å². The molecule has 10 heteroatoms. The van der Waals surface area contributed by atoms with E-state index in [-0.39, 0.29) is 68.0 Å². The molecule has 10 nitrogen and oxygen atoms in total. The first kappa shape index (κ1) is 28.1. The molecular formula is C33H33N5O5. The number of amides is 3. The predicted octanol–water partition coefficient (Wildman–Crippen LogP) is 3.06. The molecule has 0 radical (unpaired) electrons.